The number of hydrogen-bond acceptors (Lipinski definition) is 1. The molecule has 0 amide bonds. The molecule has 2 fully saturated rings. The van der Waals surface area contributed by atoms with Gasteiger partial charge >= 0.3 is 0 Å². The third-order valence-corrected chi connectivity index (χ3v) is 4.19. The molecule has 0 aromatic carbocycles. The second-order valence-corrected chi connectivity index (χ2v) is 5.63. The van der Waals surface area contributed by atoms with E-state index in [1.165, 1.54) is 12.8 Å². The molecular formula is C12H22BN3. The molecule has 0 bridgehead atoms. The minimum Gasteiger partial charge on any atom is -0.341 e. The fourth-order valence-electron chi connectivity index (χ4n) is 3.33. The van der Waals surface area contributed by atoms with E-state index in [2.05, 4.69) is 35.8 Å². The van der Waals surface area contributed by atoms with Gasteiger partial charge in [0.2, 0.25) is 0 Å². The summed E-state index contributed by atoms with van der Waals surface area (Å²) < 4.78 is 0. The summed E-state index contributed by atoms with van der Waals surface area (Å²) in [5, 5.41) is -0.0162. The summed E-state index contributed by atoms with van der Waals surface area (Å²) in [4.78, 5) is 9.01. The predicted molar refractivity (Wildman–Crippen MR) is 69.1 cm³/mol. The van der Waals surface area contributed by atoms with E-state index in [4.69, 9.17) is 7.85 Å². The number of fused-ring (bicyclic) bond motifs is 1. The van der Waals surface area contributed by atoms with Crippen LogP contribution in [-0.4, -0.2) is 56.8 Å². The maximum atomic E-state index is 6.34. The zero-order valence-electron chi connectivity index (χ0n) is 10.9. The Kier molecular flexibility index (Phi) is 2.93. The second kappa shape index (κ2) is 3.97. The summed E-state index contributed by atoms with van der Waals surface area (Å²) in [6.45, 7) is 2.18. The molecule has 0 aromatic heterocycles. The van der Waals surface area contributed by atoms with Gasteiger partial charge < -0.3 is 9.80 Å². The van der Waals surface area contributed by atoms with E-state index in [1.807, 2.05) is 7.05 Å². The van der Waals surface area contributed by atoms with E-state index in [0.717, 1.165) is 18.8 Å². The Labute approximate surface area is 100 Å². The van der Waals surface area contributed by atoms with Crippen molar-refractivity contribution in [1.29, 1.82) is 0 Å². The number of aliphatic imine (C=N–C) groups is 1. The van der Waals surface area contributed by atoms with Gasteiger partial charge in [0.25, 0.3) is 0 Å². The molecule has 3 nitrogen and oxygen atoms in total. The highest BCUT2D eigenvalue weighted by molar-refractivity contribution is 6.14. The average molecular weight is 219 g/mol. The minimum absolute atomic E-state index is 0.0162. The van der Waals surface area contributed by atoms with E-state index < -0.39 is 0 Å². The van der Waals surface area contributed by atoms with Gasteiger partial charge in [-0.15, -0.1) is 0 Å². The summed E-state index contributed by atoms with van der Waals surface area (Å²) >= 11 is 0. The first kappa shape index (κ1) is 11.8. The number of hydrogen-bond donors (Lipinski definition) is 0. The van der Waals surface area contributed by atoms with Crippen molar-refractivity contribution in [2.75, 3.05) is 21.1 Å². The van der Waals surface area contributed by atoms with Crippen LogP contribution in [0.4, 0.5) is 0 Å². The maximum Gasteiger partial charge on any atom is 0.196 e. The van der Waals surface area contributed by atoms with E-state index >= 15 is 0 Å². The molecule has 1 aliphatic carbocycles. The predicted octanol–water partition coefficient (Wildman–Crippen LogP) is 1.51. The van der Waals surface area contributed by atoms with Crippen LogP contribution >= 0.6 is 0 Å². The highest BCUT2D eigenvalue weighted by Gasteiger charge is 2.43. The van der Waals surface area contributed by atoms with Gasteiger partial charge in [-0.1, -0.05) is 25.1 Å². The van der Waals surface area contributed by atoms with Gasteiger partial charge in [0.1, 0.15) is 0 Å². The Balaban J connectivity index is 2.26. The fourth-order valence-corrected chi connectivity index (χ4v) is 3.33. The molecular weight excluding hydrogens is 197 g/mol. The van der Waals surface area contributed by atoms with Gasteiger partial charge in [-0.25, -0.2) is 0 Å². The van der Waals surface area contributed by atoms with Crippen LogP contribution in [0.3, 0.4) is 0 Å². The average Bonchev–Trinajstić information content (AvgIpc) is 2.37. The lowest BCUT2D eigenvalue weighted by Crippen LogP contribution is -2.35. The van der Waals surface area contributed by atoms with Crippen LogP contribution in [0, 0.1) is 0 Å². The number of likely N-dealkylation sites (N-methyl/N-ethyl adjacent to an activating group) is 2. The number of guanidine groups is 1. The molecule has 1 heterocycles. The molecule has 4 heteroatoms. The van der Waals surface area contributed by atoms with Crippen LogP contribution in [0.1, 0.15) is 32.6 Å². The van der Waals surface area contributed by atoms with Gasteiger partial charge in [-0.3, -0.25) is 4.99 Å². The third kappa shape index (κ3) is 1.83. The molecule has 88 valence electrons. The quantitative estimate of drug-likeness (QED) is 0.575. The first-order valence-electron chi connectivity index (χ1n) is 6.17. The van der Waals surface area contributed by atoms with Crippen molar-refractivity contribution in [3.05, 3.63) is 0 Å². The molecule has 0 aromatic rings. The molecule has 16 heavy (non-hydrogen) atoms. The van der Waals surface area contributed by atoms with Crippen LogP contribution in [0.25, 0.3) is 0 Å². The van der Waals surface area contributed by atoms with Gasteiger partial charge in [0.05, 0.1) is 19.9 Å². The highest BCUT2D eigenvalue weighted by Crippen LogP contribution is 2.42. The van der Waals surface area contributed by atoms with Gasteiger partial charge in [0, 0.05) is 21.1 Å². The molecule has 2 aliphatic rings. The summed E-state index contributed by atoms with van der Waals surface area (Å²) in [7, 11) is 12.5. The molecule has 3 unspecified atom stereocenters. The molecule has 2 rings (SSSR count). The maximum absolute atomic E-state index is 6.34. The first-order valence-corrected chi connectivity index (χ1v) is 6.17. The summed E-state index contributed by atoms with van der Waals surface area (Å²) in [6.07, 6.45) is 4.67. The summed E-state index contributed by atoms with van der Waals surface area (Å²) in [5.41, 5.74) is 0. The van der Waals surface area contributed by atoms with Crippen molar-refractivity contribution in [3.8, 4) is 0 Å². The SMILES string of the molecule is [B]C1(C)CCCC2C(C1)N(C)C(=NC)N2C. The Hall–Kier alpha value is -0.665. The van der Waals surface area contributed by atoms with Crippen molar-refractivity contribution in [2.45, 2.75) is 50.0 Å². The van der Waals surface area contributed by atoms with Crippen LogP contribution < -0.4 is 0 Å². The standard InChI is InChI=1S/C12H22BN3/c1-12(13)7-5-6-9-10(8-12)16(4)11(14-2)15(9)3/h9-10H,5-8H2,1-4H3. The first-order chi connectivity index (χ1) is 7.46. The zero-order valence-corrected chi connectivity index (χ0v) is 10.9. The Morgan fingerprint density at radius 1 is 1.31 bits per heavy atom. The van der Waals surface area contributed by atoms with E-state index in [9.17, 15) is 0 Å². The lowest BCUT2D eigenvalue weighted by molar-refractivity contribution is 0.280. The van der Waals surface area contributed by atoms with Crippen molar-refractivity contribution >= 4 is 13.8 Å². The normalized spacial score (nSPS) is 42.4. The topological polar surface area (TPSA) is 18.8 Å². The lowest BCUT2D eigenvalue weighted by Gasteiger charge is -2.30. The van der Waals surface area contributed by atoms with E-state index in [1.54, 1.807) is 0 Å². The summed E-state index contributed by atoms with van der Waals surface area (Å²) in [5.74, 6) is 1.10. The lowest BCUT2D eigenvalue weighted by atomic mass is 9.65. The van der Waals surface area contributed by atoms with Crippen molar-refractivity contribution in [3.63, 3.8) is 0 Å². The fraction of sp³-hybridized carbons (Fsp3) is 0.917. The third-order valence-electron chi connectivity index (χ3n) is 4.19. The molecule has 0 spiro atoms. The van der Waals surface area contributed by atoms with Crippen LogP contribution in [-0.2, 0) is 0 Å². The molecule has 1 saturated carbocycles. The van der Waals surface area contributed by atoms with Crippen LogP contribution in [0.15, 0.2) is 4.99 Å². The van der Waals surface area contributed by atoms with Crippen LogP contribution in [0.2, 0.25) is 5.31 Å². The van der Waals surface area contributed by atoms with Gasteiger partial charge in [-0.05, 0) is 12.8 Å². The highest BCUT2D eigenvalue weighted by atomic mass is 15.4. The zero-order chi connectivity index (χ0) is 11.9. The Morgan fingerprint density at radius 3 is 2.56 bits per heavy atom. The smallest absolute Gasteiger partial charge is 0.196 e. The molecule has 0 N–H and O–H groups in total. The molecule has 1 aliphatic heterocycles. The molecule has 2 radical (unpaired) electrons. The number of rotatable bonds is 0. The Morgan fingerprint density at radius 2 is 1.94 bits per heavy atom. The van der Waals surface area contributed by atoms with E-state index in [0.29, 0.717) is 12.1 Å². The van der Waals surface area contributed by atoms with Crippen molar-refractivity contribution < 1.29 is 0 Å². The second-order valence-electron chi connectivity index (χ2n) is 5.63. The van der Waals surface area contributed by atoms with Crippen molar-refractivity contribution in [2.24, 2.45) is 4.99 Å². The molecule has 3 atom stereocenters. The minimum atomic E-state index is -0.0162. The number of nitrogens with zero attached hydrogens (tertiary/aromatic N) is 3. The van der Waals surface area contributed by atoms with Crippen molar-refractivity contribution in [1.82, 2.24) is 9.80 Å². The largest absolute Gasteiger partial charge is 0.341 e. The van der Waals surface area contributed by atoms with Gasteiger partial charge in [0.15, 0.2) is 5.96 Å². The Bertz CT molecular complexity index is 301. The van der Waals surface area contributed by atoms with Gasteiger partial charge in [-0.2, -0.15) is 0 Å². The van der Waals surface area contributed by atoms with E-state index in [-0.39, 0.29) is 5.31 Å². The van der Waals surface area contributed by atoms with Crippen LogP contribution in [0.5, 0.6) is 0 Å². The summed E-state index contributed by atoms with van der Waals surface area (Å²) in [6, 6.07) is 1.12. The molecule has 1 saturated heterocycles. The monoisotopic (exact) mass is 219 g/mol.